The molecule has 25 heavy (non-hydrogen) atoms. The molecular weight excluding hydrogens is 329 g/mol. The van der Waals surface area contributed by atoms with E-state index in [4.69, 9.17) is 9.47 Å². The van der Waals surface area contributed by atoms with E-state index < -0.39 is 17.5 Å². The van der Waals surface area contributed by atoms with E-state index in [1.807, 2.05) is 0 Å². The van der Waals surface area contributed by atoms with Crippen molar-refractivity contribution in [2.75, 3.05) is 26.3 Å². The number of carbonyl (C=O) groups excluding carboxylic acids is 1. The molecule has 0 aromatic heterocycles. The molecule has 3 rings (SSSR count). The van der Waals surface area contributed by atoms with Crippen molar-refractivity contribution >= 4 is 11.9 Å². The van der Waals surface area contributed by atoms with E-state index in [1.54, 1.807) is 24.0 Å². The molecule has 0 radical (unpaired) electrons. The molecule has 2 aliphatic rings. The molecule has 0 bridgehead atoms. The number of benzene rings is 1. The predicted molar refractivity (Wildman–Crippen MR) is 86.7 cm³/mol. The number of nitrogens with zero attached hydrogens (tertiary/aromatic N) is 1. The Morgan fingerprint density at radius 3 is 2.44 bits per heavy atom. The van der Waals surface area contributed by atoms with Crippen LogP contribution >= 0.6 is 0 Å². The third-order valence-electron chi connectivity index (χ3n) is 4.98. The quantitative estimate of drug-likeness (QED) is 0.895. The highest BCUT2D eigenvalue weighted by atomic mass is 19.1. The van der Waals surface area contributed by atoms with Crippen molar-refractivity contribution in [1.82, 2.24) is 4.90 Å². The lowest BCUT2D eigenvalue weighted by Gasteiger charge is -2.43. The zero-order chi connectivity index (χ0) is 18.0. The van der Waals surface area contributed by atoms with Gasteiger partial charge in [0, 0.05) is 19.8 Å². The third kappa shape index (κ3) is 3.52. The van der Waals surface area contributed by atoms with Crippen LogP contribution in [0.3, 0.4) is 0 Å². The monoisotopic (exact) mass is 351 g/mol. The van der Waals surface area contributed by atoms with E-state index in [9.17, 15) is 19.1 Å². The Labute approximate surface area is 145 Å². The first kappa shape index (κ1) is 17.8. The summed E-state index contributed by atoms with van der Waals surface area (Å²) >= 11 is 0. The summed E-state index contributed by atoms with van der Waals surface area (Å²) in [7, 11) is 0. The maximum absolute atomic E-state index is 13.4. The van der Waals surface area contributed by atoms with Crippen molar-refractivity contribution in [3.05, 3.63) is 35.6 Å². The van der Waals surface area contributed by atoms with Crippen LogP contribution < -0.4 is 0 Å². The van der Waals surface area contributed by atoms with Crippen molar-refractivity contribution in [3.63, 3.8) is 0 Å². The molecule has 0 spiro atoms. The molecular formula is C18H22FNO5. The number of carboxylic acids is 1. The fourth-order valence-corrected chi connectivity index (χ4v) is 3.67. The first-order chi connectivity index (χ1) is 11.9. The number of hydrogen-bond donors (Lipinski definition) is 1. The summed E-state index contributed by atoms with van der Waals surface area (Å²) in [6.45, 7) is 2.98. The van der Waals surface area contributed by atoms with Gasteiger partial charge in [-0.2, -0.15) is 0 Å². The average molecular weight is 351 g/mol. The highest BCUT2D eigenvalue weighted by Gasteiger charge is 2.46. The molecule has 2 atom stereocenters. The maximum Gasteiger partial charge on any atom is 0.334 e. The fraction of sp³-hybridized carbons (Fsp3) is 0.556. The van der Waals surface area contributed by atoms with Crippen LogP contribution in [0.5, 0.6) is 0 Å². The molecule has 6 nitrogen and oxygen atoms in total. The molecule has 2 heterocycles. The van der Waals surface area contributed by atoms with Gasteiger partial charge in [-0.15, -0.1) is 0 Å². The summed E-state index contributed by atoms with van der Waals surface area (Å²) in [5, 5.41) is 9.25. The smallest absolute Gasteiger partial charge is 0.334 e. The minimum atomic E-state index is -1.08. The molecule has 0 aliphatic carbocycles. The fourth-order valence-electron chi connectivity index (χ4n) is 3.67. The molecule has 7 heteroatoms. The first-order valence-corrected chi connectivity index (χ1v) is 8.44. The second-order valence-electron chi connectivity index (χ2n) is 6.69. The van der Waals surface area contributed by atoms with Crippen molar-refractivity contribution in [2.24, 2.45) is 0 Å². The van der Waals surface area contributed by atoms with Crippen LogP contribution in [-0.4, -0.2) is 60.4 Å². The van der Waals surface area contributed by atoms with Gasteiger partial charge in [-0.1, -0.05) is 12.1 Å². The molecule has 2 fully saturated rings. The molecule has 136 valence electrons. The third-order valence-corrected chi connectivity index (χ3v) is 4.98. The zero-order valence-corrected chi connectivity index (χ0v) is 14.1. The summed E-state index contributed by atoms with van der Waals surface area (Å²) in [5.41, 5.74) is -0.0697. The van der Waals surface area contributed by atoms with Gasteiger partial charge < -0.3 is 19.5 Å². The van der Waals surface area contributed by atoms with Crippen LogP contribution in [0, 0.1) is 5.82 Å². The van der Waals surface area contributed by atoms with E-state index in [2.05, 4.69) is 0 Å². The van der Waals surface area contributed by atoms with E-state index >= 15 is 0 Å². The lowest BCUT2D eigenvalue weighted by molar-refractivity contribution is -0.169. The van der Waals surface area contributed by atoms with E-state index in [0.29, 0.717) is 32.6 Å². The molecule has 0 saturated carbocycles. The molecule has 2 aliphatic heterocycles. The van der Waals surface area contributed by atoms with Crippen molar-refractivity contribution < 1.29 is 28.6 Å². The number of hydrogen-bond acceptors (Lipinski definition) is 4. The number of rotatable bonds is 3. The molecule has 1 aromatic carbocycles. The summed E-state index contributed by atoms with van der Waals surface area (Å²) in [6, 6.07) is 5.97. The van der Waals surface area contributed by atoms with Gasteiger partial charge in [0.1, 0.15) is 5.82 Å². The summed E-state index contributed by atoms with van der Waals surface area (Å²) < 4.78 is 24.2. The maximum atomic E-state index is 13.4. The first-order valence-electron chi connectivity index (χ1n) is 8.44. The van der Waals surface area contributed by atoms with Gasteiger partial charge in [0.05, 0.1) is 18.1 Å². The second-order valence-corrected chi connectivity index (χ2v) is 6.69. The summed E-state index contributed by atoms with van der Waals surface area (Å²) in [4.78, 5) is 26.3. The molecule has 2 saturated heterocycles. The largest absolute Gasteiger partial charge is 0.479 e. The minimum absolute atomic E-state index is 0.0162. The minimum Gasteiger partial charge on any atom is -0.479 e. The number of amides is 1. The number of carboxylic acid groups (broad SMARTS) is 1. The number of ether oxygens (including phenoxy) is 2. The summed E-state index contributed by atoms with van der Waals surface area (Å²) in [5.74, 6) is -1.57. The van der Waals surface area contributed by atoms with Crippen molar-refractivity contribution in [2.45, 2.75) is 37.4 Å². The van der Waals surface area contributed by atoms with Crippen molar-refractivity contribution in [3.8, 4) is 0 Å². The normalized spacial score (nSPS) is 26.2. The van der Waals surface area contributed by atoms with E-state index in [1.165, 1.54) is 12.1 Å². The Hall–Kier alpha value is -1.99. The van der Waals surface area contributed by atoms with Gasteiger partial charge in [-0.3, -0.25) is 4.79 Å². The summed E-state index contributed by atoms with van der Waals surface area (Å²) in [6.07, 6.45) is -0.413. The van der Waals surface area contributed by atoms with Gasteiger partial charge in [0.25, 0.3) is 0 Å². The standard InChI is InChI=1S/C18H22FNO5/c1-12-10-20(11-15(25-12)16(21)22)17(23)18(6-8-24-9-7-18)13-2-4-14(19)5-3-13/h2-5,12,15H,6-11H2,1H3,(H,21,22)/t12-,15?/m1/s1. The number of morpholine rings is 1. The second kappa shape index (κ2) is 7.09. The Morgan fingerprint density at radius 1 is 1.20 bits per heavy atom. The highest BCUT2D eigenvalue weighted by molar-refractivity contribution is 5.89. The molecule has 1 unspecified atom stereocenters. The number of aliphatic carboxylic acids is 1. The lowest BCUT2D eigenvalue weighted by Crippen LogP contribution is -2.57. The SMILES string of the molecule is C[C@@H]1CN(C(=O)C2(c3ccc(F)cc3)CCOCC2)CC(C(=O)O)O1. The highest BCUT2D eigenvalue weighted by Crippen LogP contribution is 2.37. The Kier molecular flexibility index (Phi) is 5.06. The van der Waals surface area contributed by atoms with Gasteiger partial charge in [-0.05, 0) is 37.5 Å². The predicted octanol–water partition coefficient (Wildman–Crippen LogP) is 1.57. The van der Waals surface area contributed by atoms with Crippen LogP contribution in [0.2, 0.25) is 0 Å². The molecule has 1 amide bonds. The molecule has 1 aromatic rings. The Balaban J connectivity index is 1.91. The van der Waals surface area contributed by atoms with E-state index in [0.717, 1.165) is 5.56 Å². The zero-order valence-electron chi connectivity index (χ0n) is 14.1. The van der Waals surface area contributed by atoms with Crippen LogP contribution in [0.4, 0.5) is 4.39 Å². The van der Waals surface area contributed by atoms with Crippen LogP contribution in [-0.2, 0) is 24.5 Å². The Bertz CT molecular complexity index is 641. The van der Waals surface area contributed by atoms with Crippen LogP contribution in [0.1, 0.15) is 25.3 Å². The Morgan fingerprint density at radius 2 is 1.84 bits per heavy atom. The number of carbonyl (C=O) groups is 2. The molecule has 1 N–H and O–H groups in total. The van der Waals surface area contributed by atoms with Crippen LogP contribution in [0.25, 0.3) is 0 Å². The van der Waals surface area contributed by atoms with Gasteiger partial charge >= 0.3 is 5.97 Å². The van der Waals surface area contributed by atoms with E-state index in [-0.39, 0.29) is 24.4 Å². The van der Waals surface area contributed by atoms with Gasteiger partial charge in [0.15, 0.2) is 6.10 Å². The van der Waals surface area contributed by atoms with Crippen LogP contribution in [0.15, 0.2) is 24.3 Å². The van der Waals surface area contributed by atoms with Gasteiger partial charge in [0.2, 0.25) is 5.91 Å². The lowest BCUT2D eigenvalue weighted by atomic mass is 9.72. The number of halogens is 1. The van der Waals surface area contributed by atoms with Gasteiger partial charge in [-0.25, -0.2) is 9.18 Å². The van der Waals surface area contributed by atoms with Crippen molar-refractivity contribution in [1.29, 1.82) is 0 Å². The average Bonchev–Trinajstić information content (AvgIpc) is 2.61. The topological polar surface area (TPSA) is 76.1 Å².